The highest BCUT2D eigenvalue weighted by Crippen LogP contribution is 2.34. The van der Waals surface area contributed by atoms with Crippen LogP contribution in [0.15, 0.2) is 91.1 Å². The van der Waals surface area contributed by atoms with Gasteiger partial charge >= 0.3 is 0 Å². The lowest BCUT2D eigenvalue weighted by molar-refractivity contribution is 0.100. The summed E-state index contributed by atoms with van der Waals surface area (Å²) in [7, 11) is 0. The zero-order valence-corrected chi connectivity index (χ0v) is 15.7. The SMILES string of the molecule is NC(=O)c1cccc2c1c1ccc(-c3ccccc3)cc1n2Cc1ccccn1. The van der Waals surface area contributed by atoms with E-state index in [1.807, 2.05) is 48.5 Å². The van der Waals surface area contributed by atoms with Crippen LogP contribution in [0.1, 0.15) is 16.1 Å². The molecule has 5 rings (SSSR count). The van der Waals surface area contributed by atoms with Gasteiger partial charge in [-0.05, 0) is 41.5 Å². The number of nitrogens with two attached hydrogens (primary N) is 1. The third-order valence-electron chi connectivity index (χ3n) is 5.31. The Kier molecular flexibility index (Phi) is 4.10. The van der Waals surface area contributed by atoms with Crippen LogP contribution in [0.25, 0.3) is 32.9 Å². The molecule has 0 saturated heterocycles. The molecule has 5 aromatic rings. The molecule has 0 bridgehead atoms. The predicted molar refractivity (Wildman–Crippen MR) is 117 cm³/mol. The smallest absolute Gasteiger partial charge is 0.249 e. The second-order valence-electron chi connectivity index (χ2n) is 7.07. The number of carbonyl (C=O) groups excluding carboxylic acids is 1. The van der Waals surface area contributed by atoms with E-state index < -0.39 is 5.91 Å². The number of amides is 1. The van der Waals surface area contributed by atoms with E-state index in [1.165, 1.54) is 0 Å². The highest BCUT2D eigenvalue weighted by Gasteiger charge is 2.17. The van der Waals surface area contributed by atoms with E-state index in [-0.39, 0.29) is 0 Å². The zero-order valence-electron chi connectivity index (χ0n) is 15.7. The maximum atomic E-state index is 12.1. The lowest BCUT2D eigenvalue weighted by atomic mass is 10.0. The van der Waals surface area contributed by atoms with E-state index in [1.54, 1.807) is 12.3 Å². The van der Waals surface area contributed by atoms with Gasteiger partial charge in [0.2, 0.25) is 5.91 Å². The summed E-state index contributed by atoms with van der Waals surface area (Å²) < 4.78 is 2.21. The zero-order chi connectivity index (χ0) is 19.8. The van der Waals surface area contributed by atoms with Crippen molar-refractivity contribution in [3.63, 3.8) is 0 Å². The molecule has 140 valence electrons. The molecule has 0 spiro atoms. The molecule has 0 saturated carbocycles. The maximum Gasteiger partial charge on any atom is 0.249 e. The fraction of sp³-hybridized carbons (Fsp3) is 0.0400. The number of hydrogen-bond donors (Lipinski definition) is 1. The van der Waals surface area contributed by atoms with Crippen molar-refractivity contribution in [1.29, 1.82) is 0 Å². The average molecular weight is 377 g/mol. The van der Waals surface area contributed by atoms with Crippen LogP contribution in [-0.2, 0) is 6.54 Å². The summed E-state index contributed by atoms with van der Waals surface area (Å²) in [4.78, 5) is 16.6. The molecule has 0 aliphatic carbocycles. The summed E-state index contributed by atoms with van der Waals surface area (Å²) in [5.41, 5.74) is 11.5. The third-order valence-corrected chi connectivity index (χ3v) is 5.31. The molecule has 4 nitrogen and oxygen atoms in total. The Morgan fingerprint density at radius 2 is 1.66 bits per heavy atom. The Labute approximate surface area is 168 Å². The lowest BCUT2D eigenvalue weighted by Crippen LogP contribution is -2.11. The fourth-order valence-corrected chi connectivity index (χ4v) is 3.98. The van der Waals surface area contributed by atoms with E-state index in [0.29, 0.717) is 12.1 Å². The Hall–Kier alpha value is -3.92. The third kappa shape index (κ3) is 2.95. The highest BCUT2D eigenvalue weighted by atomic mass is 16.1. The summed E-state index contributed by atoms with van der Waals surface area (Å²) in [5, 5.41) is 1.91. The molecular weight excluding hydrogens is 358 g/mol. The van der Waals surface area contributed by atoms with Gasteiger partial charge in [-0.3, -0.25) is 9.78 Å². The van der Waals surface area contributed by atoms with Crippen molar-refractivity contribution < 1.29 is 4.79 Å². The van der Waals surface area contributed by atoms with Crippen molar-refractivity contribution in [3.8, 4) is 11.1 Å². The second kappa shape index (κ2) is 6.91. The van der Waals surface area contributed by atoms with E-state index in [2.05, 4.69) is 39.9 Å². The van der Waals surface area contributed by atoms with Crippen molar-refractivity contribution in [2.24, 2.45) is 5.73 Å². The Morgan fingerprint density at radius 1 is 0.828 bits per heavy atom. The van der Waals surface area contributed by atoms with Gasteiger partial charge in [-0.25, -0.2) is 0 Å². The quantitative estimate of drug-likeness (QED) is 0.479. The Balaban J connectivity index is 1.82. The molecule has 0 aliphatic heterocycles. The van der Waals surface area contributed by atoms with Gasteiger partial charge in [0.25, 0.3) is 0 Å². The first kappa shape index (κ1) is 17.2. The van der Waals surface area contributed by atoms with Gasteiger partial charge in [0.05, 0.1) is 23.3 Å². The van der Waals surface area contributed by atoms with Crippen LogP contribution < -0.4 is 5.73 Å². The van der Waals surface area contributed by atoms with E-state index in [0.717, 1.165) is 38.6 Å². The van der Waals surface area contributed by atoms with Gasteiger partial charge in [0.15, 0.2) is 0 Å². The minimum atomic E-state index is -0.417. The molecule has 2 N–H and O–H groups in total. The molecule has 29 heavy (non-hydrogen) atoms. The van der Waals surface area contributed by atoms with Gasteiger partial charge in [-0.2, -0.15) is 0 Å². The van der Waals surface area contributed by atoms with Crippen LogP contribution in [0.4, 0.5) is 0 Å². The number of nitrogens with zero attached hydrogens (tertiary/aromatic N) is 2. The van der Waals surface area contributed by atoms with Crippen LogP contribution in [-0.4, -0.2) is 15.5 Å². The molecule has 2 heterocycles. The normalized spacial score (nSPS) is 11.2. The molecule has 0 unspecified atom stereocenters. The first-order valence-corrected chi connectivity index (χ1v) is 9.52. The lowest BCUT2D eigenvalue weighted by Gasteiger charge is -2.08. The number of fused-ring (bicyclic) bond motifs is 3. The maximum absolute atomic E-state index is 12.1. The minimum absolute atomic E-state index is 0.417. The number of benzene rings is 3. The van der Waals surface area contributed by atoms with E-state index in [9.17, 15) is 4.79 Å². The first-order valence-electron chi connectivity index (χ1n) is 9.52. The molecule has 4 heteroatoms. The minimum Gasteiger partial charge on any atom is -0.366 e. The molecule has 1 amide bonds. The van der Waals surface area contributed by atoms with Gasteiger partial charge < -0.3 is 10.3 Å². The Morgan fingerprint density at radius 3 is 2.41 bits per heavy atom. The van der Waals surface area contributed by atoms with Gasteiger partial charge in [0.1, 0.15) is 0 Å². The van der Waals surface area contributed by atoms with Crippen LogP contribution in [0, 0.1) is 0 Å². The summed E-state index contributed by atoms with van der Waals surface area (Å²) >= 11 is 0. The topological polar surface area (TPSA) is 60.9 Å². The van der Waals surface area contributed by atoms with Crippen LogP contribution in [0.5, 0.6) is 0 Å². The number of primary amides is 1. The van der Waals surface area contributed by atoms with Crippen molar-refractivity contribution in [2.45, 2.75) is 6.54 Å². The summed E-state index contributed by atoms with van der Waals surface area (Å²) in [6, 6.07) is 28.3. The highest BCUT2D eigenvalue weighted by molar-refractivity contribution is 6.18. The number of rotatable bonds is 4. The van der Waals surface area contributed by atoms with Crippen molar-refractivity contribution in [2.75, 3.05) is 0 Å². The predicted octanol–water partition coefficient (Wildman–Crippen LogP) is 5.00. The van der Waals surface area contributed by atoms with E-state index in [4.69, 9.17) is 5.73 Å². The van der Waals surface area contributed by atoms with Crippen LogP contribution >= 0.6 is 0 Å². The second-order valence-corrected chi connectivity index (χ2v) is 7.07. The molecular formula is C25H19N3O. The monoisotopic (exact) mass is 377 g/mol. The van der Waals surface area contributed by atoms with Crippen molar-refractivity contribution >= 4 is 27.7 Å². The first-order chi connectivity index (χ1) is 14.2. The largest absolute Gasteiger partial charge is 0.366 e. The Bertz CT molecular complexity index is 1340. The molecule has 0 aliphatic rings. The summed E-state index contributed by atoms with van der Waals surface area (Å²) in [6.07, 6.45) is 1.80. The molecule has 0 fully saturated rings. The number of aromatic nitrogens is 2. The van der Waals surface area contributed by atoms with Gasteiger partial charge in [0, 0.05) is 22.5 Å². The number of hydrogen-bond acceptors (Lipinski definition) is 2. The molecule has 2 aromatic heterocycles. The fourth-order valence-electron chi connectivity index (χ4n) is 3.98. The number of carbonyl (C=O) groups is 1. The van der Waals surface area contributed by atoms with Gasteiger partial charge in [-0.1, -0.05) is 54.6 Å². The van der Waals surface area contributed by atoms with Crippen LogP contribution in [0.2, 0.25) is 0 Å². The van der Waals surface area contributed by atoms with Crippen molar-refractivity contribution in [3.05, 3.63) is 102 Å². The molecule has 3 aromatic carbocycles. The standard InChI is InChI=1S/C25H19N3O/c26-25(29)21-10-6-11-22-24(21)20-13-12-18(17-7-2-1-3-8-17)15-23(20)28(22)16-19-9-4-5-14-27-19/h1-15H,16H2,(H2,26,29). The summed E-state index contributed by atoms with van der Waals surface area (Å²) in [5.74, 6) is -0.417. The molecule has 0 atom stereocenters. The van der Waals surface area contributed by atoms with E-state index >= 15 is 0 Å². The average Bonchev–Trinajstić information content (AvgIpc) is 3.08. The summed E-state index contributed by atoms with van der Waals surface area (Å²) in [6.45, 7) is 0.612. The number of pyridine rings is 1. The van der Waals surface area contributed by atoms with Crippen LogP contribution in [0.3, 0.4) is 0 Å². The van der Waals surface area contributed by atoms with Gasteiger partial charge in [-0.15, -0.1) is 0 Å². The van der Waals surface area contributed by atoms with Crippen molar-refractivity contribution in [1.82, 2.24) is 9.55 Å². The molecule has 0 radical (unpaired) electrons.